The Morgan fingerprint density at radius 2 is 2.00 bits per heavy atom. The fourth-order valence-electron chi connectivity index (χ4n) is 1.87. The maximum Gasteiger partial charge on any atom is 0.191 e. The van der Waals surface area contributed by atoms with Crippen LogP contribution in [-0.4, -0.2) is 37.3 Å². The number of nitrogens with zero attached hydrogens (tertiary/aromatic N) is 1. The van der Waals surface area contributed by atoms with Crippen LogP contribution in [0.5, 0.6) is 11.5 Å². The van der Waals surface area contributed by atoms with E-state index in [1.807, 2.05) is 19.1 Å². The first kappa shape index (κ1) is 21.8. The molecule has 1 rings (SSSR count). The van der Waals surface area contributed by atoms with E-state index in [1.165, 1.54) is 0 Å². The molecule has 0 spiro atoms. The first-order valence-electron chi connectivity index (χ1n) is 7.88. The molecule has 0 saturated carbocycles. The smallest absolute Gasteiger partial charge is 0.191 e. The van der Waals surface area contributed by atoms with Crippen LogP contribution in [0.3, 0.4) is 0 Å². The van der Waals surface area contributed by atoms with Crippen molar-refractivity contribution in [1.29, 1.82) is 0 Å². The Balaban J connectivity index is 0.00000484. The molecule has 3 N–H and O–H groups in total. The van der Waals surface area contributed by atoms with Crippen LogP contribution in [0.1, 0.15) is 33.3 Å². The van der Waals surface area contributed by atoms with Crippen LogP contribution in [-0.2, 0) is 6.42 Å². The van der Waals surface area contributed by atoms with Crippen molar-refractivity contribution < 1.29 is 9.84 Å². The van der Waals surface area contributed by atoms with Gasteiger partial charge in [0, 0.05) is 25.2 Å². The number of aliphatic imine (C=N–C) groups is 1. The molecule has 0 bridgehead atoms. The molecule has 0 aliphatic rings. The van der Waals surface area contributed by atoms with Gasteiger partial charge in [0.1, 0.15) is 11.5 Å². The zero-order valence-corrected chi connectivity index (χ0v) is 17.0. The zero-order chi connectivity index (χ0) is 16.5. The van der Waals surface area contributed by atoms with Crippen LogP contribution in [0, 0.1) is 5.92 Å². The first-order valence-corrected chi connectivity index (χ1v) is 7.88. The summed E-state index contributed by atoms with van der Waals surface area (Å²) in [5.74, 6) is 2.26. The Morgan fingerprint density at radius 1 is 1.30 bits per heavy atom. The highest BCUT2D eigenvalue weighted by Gasteiger charge is 2.09. The summed E-state index contributed by atoms with van der Waals surface area (Å²) in [5, 5.41) is 16.6. The number of halogens is 1. The van der Waals surface area contributed by atoms with Gasteiger partial charge in [-0.3, -0.25) is 4.99 Å². The van der Waals surface area contributed by atoms with Crippen molar-refractivity contribution in [3.63, 3.8) is 0 Å². The van der Waals surface area contributed by atoms with E-state index < -0.39 is 0 Å². The quantitative estimate of drug-likeness (QED) is 0.350. The van der Waals surface area contributed by atoms with Crippen molar-refractivity contribution in [3.8, 4) is 11.5 Å². The highest BCUT2D eigenvalue weighted by atomic mass is 127. The van der Waals surface area contributed by atoms with E-state index in [2.05, 4.69) is 36.4 Å². The lowest BCUT2D eigenvalue weighted by molar-refractivity contribution is 0.406. The standard InChI is InChI=1S/C17H29N3O2.HI/c1-6-18-17(20-13(4)12(2)3)19-10-9-14-7-8-15(22-5)11-16(14)21;/h7-8,11-13,21H,6,9-10H2,1-5H3,(H2,18,19,20);1H. The van der Waals surface area contributed by atoms with Crippen LogP contribution in [0.15, 0.2) is 23.2 Å². The summed E-state index contributed by atoms with van der Waals surface area (Å²) < 4.78 is 5.08. The Morgan fingerprint density at radius 3 is 2.52 bits per heavy atom. The van der Waals surface area contributed by atoms with Crippen LogP contribution in [0.2, 0.25) is 0 Å². The Kier molecular flexibility index (Phi) is 10.8. The molecule has 0 radical (unpaired) electrons. The number of phenolic OH excluding ortho intramolecular Hbond substituents is 1. The zero-order valence-electron chi connectivity index (χ0n) is 14.7. The summed E-state index contributed by atoms with van der Waals surface area (Å²) in [5.41, 5.74) is 0.873. The highest BCUT2D eigenvalue weighted by molar-refractivity contribution is 14.0. The van der Waals surface area contributed by atoms with Crippen molar-refractivity contribution in [2.45, 2.75) is 40.2 Å². The summed E-state index contributed by atoms with van der Waals surface area (Å²) in [4.78, 5) is 4.57. The molecule has 0 aromatic heterocycles. The molecule has 5 nitrogen and oxygen atoms in total. The van der Waals surface area contributed by atoms with Crippen LogP contribution < -0.4 is 15.4 Å². The number of guanidine groups is 1. The number of nitrogens with one attached hydrogen (secondary N) is 2. The van der Waals surface area contributed by atoms with Crippen molar-refractivity contribution in [1.82, 2.24) is 10.6 Å². The number of benzene rings is 1. The van der Waals surface area contributed by atoms with E-state index in [0.29, 0.717) is 30.7 Å². The molecule has 0 saturated heterocycles. The average Bonchev–Trinajstić information content (AvgIpc) is 2.48. The largest absolute Gasteiger partial charge is 0.508 e. The van der Waals surface area contributed by atoms with Crippen LogP contribution >= 0.6 is 24.0 Å². The topological polar surface area (TPSA) is 65.9 Å². The molecule has 0 amide bonds. The van der Waals surface area contributed by atoms with E-state index >= 15 is 0 Å². The minimum atomic E-state index is 0. The molecule has 1 aromatic carbocycles. The van der Waals surface area contributed by atoms with Crippen LogP contribution in [0.25, 0.3) is 0 Å². The summed E-state index contributed by atoms with van der Waals surface area (Å²) in [6.07, 6.45) is 0.683. The third-order valence-corrected chi connectivity index (χ3v) is 3.65. The minimum Gasteiger partial charge on any atom is -0.508 e. The molecule has 0 fully saturated rings. The summed E-state index contributed by atoms with van der Waals surface area (Å²) in [6, 6.07) is 5.71. The second-order valence-electron chi connectivity index (χ2n) is 5.68. The van der Waals surface area contributed by atoms with Crippen molar-refractivity contribution in [3.05, 3.63) is 23.8 Å². The van der Waals surface area contributed by atoms with Gasteiger partial charge in [0.2, 0.25) is 0 Å². The number of aromatic hydroxyl groups is 1. The number of phenols is 1. The SMILES string of the molecule is CCNC(=NCCc1ccc(OC)cc1O)NC(C)C(C)C.I. The third-order valence-electron chi connectivity index (χ3n) is 3.65. The molecule has 6 heteroatoms. The Labute approximate surface area is 156 Å². The van der Waals surface area contributed by atoms with Crippen molar-refractivity contribution in [2.75, 3.05) is 20.2 Å². The third kappa shape index (κ3) is 7.76. The summed E-state index contributed by atoms with van der Waals surface area (Å²) >= 11 is 0. The highest BCUT2D eigenvalue weighted by Crippen LogP contribution is 2.23. The van der Waals surface area contributed by atoms with Gasteiger partial charge in [-0.1, -0.05) is 19.9 Å². The maximum atomic E-state index is 9.95. The number of ether oxygens (including phenoxy) is 1. The molecule has 1 aromatic rings. The van der Waals surface area contributed by atoms with Gasteiger partial charge in [-0.25, -0.2) is 0 Å². The molecule has 1 atom stereocenters. The van der Waals surface area contributed by atoms with E-state index in [9.17, 15) is 5.11 Å². The monoisotopic (exact) mass is 435 g/mol. The normalized spacial score (nSPS) is 12.5. The fraction of sp³-hybridized carbons (Fsp3) is 0.588. The number of hydrogen-bond acceptors (Lipinski definition) is 3. The minimum absolute atomic E-state index is 0. The molecule has 23 heavy (non-hydrogen) atoms. The van der Waals surface area contributed by atoms with Gasteiger partial charge in [0.15, 0.2) is 5.96 Å². The van der Waals surface area contributed by atoms with E-state index in [-0.39, 0.29) is 29.7 Å². The predicted octanol–water partition coefficient (Wildman–Crippen LogP) is 3.16. The lowest BCUT2D eigenvalue weighted by Crippen LogP contribution is -2.44. The van der Waals surface area contributed by atoms with Gasteiger partial charge in [0.05, 0.1) is 7.11 Å². The first-order chi connectivity index (χ1) is 10.5. The predicted molar refractivity (Wildman–Crippen MR) is 107 cm³/mol. The second kappa shape index (κ2) is 11.4. The number of rotatable bonds is 7. The van der Waals surface area contributed by atoms with E-state index in [1.54, 1.807) is 13.2 Å². The van der Waals surface area contributed by atoms with E-state index in [0.717, 1.165) is 18.1 Å². The van der Waals surface area contributed by atoms with Crippen molar-refractivity contribution >= 4 is 29.9 Å². The van der Waals surface area contributed by atoms with Crippen molar-refractivity contribution in [2.24, 2.45) is 10.9 Å². The molecule has 1 unspecified atom stereocenters. The Hall–Kier alpha value is -1.18. The number of methoxy groups -OCH3 is 1. The van der Waals surface area contributed by atoms with Gasteiger partial charge in [-0.05, 0) is 37.8 Å². The lowest BCUT2D eigenvalue weighted by Gasteiger charge is -2.20. The van der Waals surface area contributed by atoms with Gasteiger partial charge in [-0.2, -0.15) is 0 Å². The van der Waals surface area contributed by atoms with Crippen LogP contribution in [0.4, 0.5) is 0 Å². The molecule has 0 heterocycles. The lowest BCUT2D eigenvalue weighted by atomic mass is 10.1. The van der Waals surface area contributed by atoms with Gasteiger partial charge >= 0.3 is 0 Å². The summed E-state index contributed by atoms with van der Waals surface area (Å²) in [6.45, 7) is 9.98. The average molecular weight is 435 g/mol. The summed E-state index contributed by atoms with van der Waals surface area (Å²) in [7, 11) is 1.59. The van der Waals surface area contributed by atoms with Gasteiger partial charge in [-0.15, -0.1) is 24.0 Å². The molecular weight excluding hydrogens is 405 g/mol. The maximum absolute atomic E-state index is 9.95. The molecule has 0 aliphatic carbocycles. The fourth-order valence-corrected chi connectivity index (χ4v) is 1.87. The number of hydrogen-bond donors (Lipinski definition) is 3. The van der Waals surface area contributed by atoms with Gasteiger partial charge in [0.25, 0.3) is 0 Å². The van der Waals surface area contributed by atoms with E-state index in [4.69, 9.17) is 4.74 Å². The molecular formula is C17H30IN3O2. The second-order valence-corrected chi connectivity index (χ2v) is 5.68. The molecule has 0 aliphatic heterocycles. The van der Waals surface area contributed by atoms with Gasteiger partial charge < -0.3 is 20.5 Å². The Bertz CT molecular complexity index is 493. The molecule has 132 valence electrons.